The van der Waals surface area contributed by atoms with Gasteiger partial charge in [0.15, 0.2) is 0 Å². The summed E-state index contributed by atoms with van der Waals surface area (Å²) in [6.45, 7) is 6.92. The van der Waals surface area contributed by atoms with E-state index in [9.17, 15) is 5.11 Å². The van der Waals surface area contributed by atoms with Crippen LogP contribution < -0.4 is 0 Å². The average Bonchev–Trinajstić information content (AvgIpc) is 3.12. The molecule has 0 spiro atoms. The fourth-order valence-electron chi connectivity index (χ4n) is 3.40. The predicted molar refractivity (Wildman–Crippen MR) is 80.5 cm³/mol. The van der Waals surface area contributed by atoms with Crippen molar-refractivity contribution >= 4 is 10.8 Å². The van der Waals surface area contributed by atoms with Crippen molar-refractivity contribution in [2.45, 2.75) is 39.5 Å². The van der Waals surface area contributed by atoms with E-state index >= 15 is 0 Å². The summed E-state index contributed by atoms with van der Waals surface area (Å²) in [5, 5.41) is 12.4. The SMILES string of the molecule is CC(C)(C)C(c1cc(O)c2ccccc2c1)C1CC1. The van der Waals surface area contributed by atoms with E-state index in [1.54, 1.807) is 0 Å². The molecule has 1 unspecified atom stereocenters. The standard InChI is InChI=1S/C18H22O/c1-18(2,3)17(12-8-9-12)14-10-13-6-4-5-7-15(13)16(19)11-14/h4-7,10-12,17,19H,8-9H2,1-3H3. The van der Waals surface area contributed by atoms with E-state index in [1.165, 1.54) is 18.4 Å². The lowest BCUT2D eigenvalue weighted by Crippen LogP contribution is -2.20. The second-order valence-corrected chi connectivity index (χ2v) is 6.94. The van der Waals surface area contributed by atoms with E-state index in [-0.39, 0.29) is 5.41 Å². The molecule has 1 fully saturated rings. The molecule has 2 aromatic carbocycles. The van der Waals surface area contributed by atoms with E-state index in [0.717, 1.165) is 16.7 Å². The van der Waals surface area contributed by atoms with Crippen molar-refractivity contribution in [3.63, 3.8) is 0 Å². The maximum absolute atomic E-state index is 10.3. The van der Waals surface area contributed by atoms with Gasteiger partial charge in [-0.25, -0.2) is 0 Å². The zero-order valence-electron chi connectivity index (χ0n) is 12.0. The van der Waals surface area contributed by atoms with E-state index < -0.39 is 0 Å². The van der Waals surface area contributed by atoms with Crippen LogP contribution in [0.4, 0.5) is 0 Å². The van der Waals surface area contributed by atoms with Crippen molar-refractivity contribution in [2.75, 3.05) is 0 Å². The van der Waals surface area contributed by atoms with Gasteiger partial charge in [-0.15, -0.1) is 0 Å². The lowest BCUT2D eigenvalue weighted by molar-refractivity contribution is 0.291. The molecular weight excluding hydrogens is 232 g/mol. The number of fused-ring (bicyclic) bond motifs is 1. The number of rotatable bonds is 2. The van der Waals surface area contributed by atoms with Crippen molar-refractivity contribution in [2.24, 2.45) is 11.3 Å². The fourth-order valence-corrected chi connectivity index (χ4v) is 3.40. The Hall–Kier alpha value is -1.50. The maximum Gasteiger partial charge on any atom is 0.123 e. The van der Waals surface area contributed by atoms with Gasteiger partial charge < -0.3 is 5.11 Å². The molecule has 19 heavy (non-hydrogen) atoms. The van der Waals surface area contributed by atoms with Gasteiger partial charge in [0.05, 0.1) is 0 Å². The van der Waals surface area contributed by atoms with Crippen LogP contribution in [-0.2, 0) is 0 Å². The molecule has 0 saturated heterocycles. The first kappa shape index (κ1) is 12.5. The average molecular weight is 254 g/mol. The Labute approximate surface area is 115 Å². The Balaban J connectivity index is 2.13. The van der Waals surface area contributed by atoms with Crippen LogP contribution in [0.25, 0.3) is 10.8 Å². The van der Waals surface area contributed by atoms with Gasteiger partial charge in [0.25, 0.3) is 0 Å². The van der Waals surface area contributed by atoms with E-state index in [4.69, 9.17) is 0 Å². The topological polar surface area (TPSA) is 20.2 Å². The molecule has 1 nitrogen and oxygen atoms in total. The third kappa shape index (κ3) is 2.34. The Morgan fingerprint density at radius 2 is 1.79 bits per heavy atom. The van der Waals surface area contributed by atoms with Gasteiger partial charge in [0, 0.05) is 5.39 Å². The van der Waals surface area contributed by atoms with E-state index in [2.05, 4.69) is 32.9 Å². The van der Waals surface area contributed by atoms with E-state index in [0.29, 0.717) is 11.7 Å². The van der Waals surface area contributed by atoms with E-state index in [1.807, 2.05) is 24.3 Å². The molecule has 100 valence electrons. The molecule has 0 radical (unpaired) electrons. The normalized spacial score (nSPS) is 17.6. The summed E-state index contributed by atoms with van der Waals surface area (Å²) >= 11 is 0. The molecule has 3 rings (SSSR count). The summed E-state index contributed by atoms with van der Waals surface area (Å²) in [6.07, 6.45) is 2.66. The summed E-state index contributed by atoms with van der Waals surface area (Å²) in [7, 11) is 0. The molecule has 1 aliphatic carbocycles. The minimum atomic E-state index is 0.246. The summed E-state index contributed by atoms with van der Waals surface area (Å²) in [4.78, 5) is 0. The third-order valence-corrected chi connectivity index (χ3v) is 4.25. The Bertz CT molecular complexity index is 603. The number of hydrogen-bond acceptors (Lipinski definition) is 1. The summed E-state index contributed by atoms with van der Waals surface area (Å²) in [5.41, 5.74) is 1.54. The molecule has 0 amide bonds. The first-order chi connectivity index (χ1) is 8.97. The van der Waals surface area contributed by atoms with Gasteiger partial charge >= 0.3 is 0 Å². The maximum atomic E-state index is 10.3. The largest absolute Gasteiger partial charge is 0.507 e. The van der Waals surface area contributed by atoms with Crippen LogP contribution in [-0.4, -0.2) is 5.11 Å². The minimum absolute atomic E-state index is 0.246. The monoisotopic (exact) mass is 254 g/mol. The molecule has 1 atom stereocenters. The van der Waals surface area contributed by atoms with Crippen LogP contribution in [0.15, 0.2) is 36.4 Å². The molecule has 1 heteroatoms. The predicted octanol–water partition coefficient (Wildman–Crippen LogP) is 5.09. The fraction of sp³-hybridized carbons (Fsp3) is 0.444. The molecule has 1 N–H and O–H groups in total. The molecule has 0 bridgehead atoms. The Morgan fingerprint density at radius 1 is 1.11 bits per heavy atom. The van der Waals surface area contributed by atoms with Gasteiger partial charge in [-0.3, -0.25) is 0 Å². The second-order valence-electron chi connectivity index (χ2n) is 6.94. The lowest BCUT2D eigenvalue weighted by Gasteiger charge is -2.31. The van der Waals surface area contributed by atoms with Crippen molar-refractivity contribution in [3.8, 4) is 5.75 Å². The molecule has 1 saturated carbocycles. The van der Waals surface area contributed by atoms with Gasteiger partial charge in [-0.05, 0) is 47.1 Å². The molecule has 0 heterocycles. The Kier molecular flexibility index (Phi) is 2.81. The number of benzene rings is 2. The number of aromatic hydroxyl groups is 1. The first-order valence-corrected chi connectivity index (χ1v) is 7.18. The third-order valence-electron chi connectivity index (χ3n) is 4.25. The first-order valence-electron chi connectivity index (χ1n) is 7.18. The van der Waals surface area contributed by atoms with Gasteiger partial charge in [0.2, 0.25) is 0 Å². The quantitative estimate of drug-likeness (QED) is 0.792. The van der Waals surface area contributed by atoms with Crippen LogP contribution in [0.5, 0.6) is 5.75 Å². The zero-order chi connectivity index (χ0) is 13.6. The number of phenols is 1. The summed E-state index contributed by atoms with van der Waals surface area (Å²) < 4.78 is 0. The molecule has 1 aliphatic rings. The minimum Gasteiger partial charge on any atom is -0.507 e. The highest BCUT2D eigenvalue weighted by Crippen LogP contribution is 2.52. The van der Waals surface area contributed by atoms with Crippen molar-refractivity contribution in [1.29, 1.82) is 0 Å². The highest BCUT2D eigenvalue weighted by molar-refractivity contribution is 5.88. The van der Waals surface area contributed by atoms with Crippen LogP contribution in [0.1, 0.15) is 45.1 Å². The highest BCUT2D eigenvalue weighted by atomic mass is 16.3. The highest BCUT2D eigenvalue weighted by Gasteiger charge is 2.39. The van der Waals surface area contributed by atoms with Crippen molar-refractivity contribution in [1.82, 2.24) is 0 Å². The van der Waals surface area contributed by atoms with Crippen LogP contribution in [0, 0.1) is 11.3 Å². The molecule has 2 aromatic rings. The zero-order valence-corrected chi connectivity index (χ0v) is 12.0. The van der Waals surface area contributed by atoms with Gasteiger partial charge in [-0.1, -0.05) is 51.1 Å². The number of hydrogen-bond donors (Lipinski definition) is 1. The van der Waals surface area contributed by atoms with Gasteiger partial charge in [0.1, 0.15) is 5.75 Å². The molecular formula is C18H22O. The van der Waals surface area contributed by atoms with Crippen molar-refractivity contribution < 1.29 is 5.11 Å². The second kappa shape index (κ2) is 4.26. The number of phenolic OH excluding ortho intramolecular Hbond substituents is 1. The lowest BCUT2D eigenvalue weighted by atomic mass is 9.73. The molecule has 0 aromatic heterocycles. The van der Waals surface area contributed by atoms with Crippen LogP contribution in [0.2, 0.25) is 0 Å². The summed E-state index contributed by atoms with van der Waals surface area (Å²) in [6, 6.07) is 12.3. The Morgan fingerprint density at radius 3 is 2.42 bits per heavy atom. The molecule has 0 aliphatic heterocycles. The summed E-state index contributed by atoms with van der Waals surface area (Å²) in [5.74, 6) is 1.76. The van der Waals surface area contributed by atoms with Crippen molar-refractivity contribution in [3.05, 3.63) is 42.0 Å². The smallest absolute Gasteiger partial charge is 0.123 e. The van der Waals surface area contributed by atoms with Crippen LogP contribution >= 0.6 is 0 Å². The van der Waals surface area contributed by atoms with Crippen LogP contribution in [0.3, 0.4) is 0 Å². The van der Waals surface area contributed by atoms with Gasteiger partial charge in [-0.2, -0.15) is 0 Å².